The van der Waals surface area contributed by atoms with Crippen LogP contribution in [-0.2, 0) is 19.4 Å². The molecule has 1 atom stereocenters. The number of nitrogens with zero attached hydrogens (tertiary/aromatic N) is 3. The molecule has 2 aliphatic rings. The van der Waals surface area contributed by atoms with E-state index in [0.29, 0.717) is 12.4 Å². The molecule has 0 amide bonds. The third-order valence-electron chi connectivity index (χ3n) is 6.14. The van der Waals surface area contributed by atoms with Gasteiger partial charge in [-0.3, -0.25) is 0 Å². The van der Waals surface area contributed by atoms with Crippen LogP contribution in [0, 0.1) is 0 Å². The maximum atomic E-state index is 12.4. The zero-order valence-electron chi connectivity index (χ0n) is 15.8. The van der Waals surface area contributed by atoms with Gasteiger partial charge in [-0.15, -0.1) is 4.21 Å². The molecule has 8 heteroatoms. The van der Waals surface area contributed by atoms with Crippen LogP contribution in [0.5, 0.6) is 0 Å². The second-order valence-corrected chi connectivity index (χ2v) is 15.6. The van der Waals surface area contributed by atoms with Gasteiger partial charge in [0, 0.05) is 0 Å². The van der Waals surface area contributed by atoms with E-state index in [1.165, 1.54) is 6.42 Å². The Hall–Kier alpha value is -0.503. The largest absolute Gasteiger partial charge is 0.414 e. The van der Waals surface area contributed by atoms with Crippen molar-refractivity contribution < 1.29 is 8.63 Å². The molecule has 0 spiro atoms. The fraction of sp³-hybridized carbons (Fsp3) is 0.765. The van der Waals surface area contributed by atoms with E-state index < -0.39 is 19.1 Å². The second kappa shape index (κ2) is 6.58. The van der Waals surface area contributed by atoms with Crippen molar-refractivity contribution >= 4 is 36.5 Å². The number of rotatable bonds is 4. The van der Waals surface area contributed by atoms with Crippen LogP contribution >= 0.6 is 11.6 Å². The lowest BCUT2D eigenvalue weighted by atomic mass is 9.76. The summed E-state index contributed by atoms with van der Waals surface area (Å²) >= 11 is 6.04. The zero-order chi connectivity index (χ0) is 18.5. The van der Waals surface area contributed by atoms with Crippen molar-refractivity contribution in [3.8, 4) is 0 Å². The number of anilines is 1. The number of hydrogen-bond acceptors (Lipinski definition) is 5. The minimum Gasteiger partial charge on any atom is -0.414 e. The minimum atomic E-state index is -1.82. The molecule has 25 heavy (non-hydrogen) atoms. The zero-order valence-corrected chi connectivity index (χ0v) is 18.5. The normalized spacial score (nSPS) is 23.1. The lowest BCUT2D eigenvalue weighted by molar-refractivity contribution is 0.120. The van der Waals surface area contributed by atoms with Crippen molar-refractivity contribution in [1.82, 2.24) is 9.97 Å². The molecule has 3 rings (SSSR count). The van der Waals surface area contributed by atoms with E-state index in [4.69, 9.17) is 16.0 Å². The molecule has 5 nitrogen and oxygen atoms in total. The molecule has 2 heterocycles. The summed E-state index contributed by atoms with van der Waals surface area (Å²) in [6.07, 6.45) is 4.99. The van der Waals surface area contributed by atoms with Gasteiger partial charge in [-0.2, -0.15) is 4.98 Å². The summed E-state index contributed by atoms with van der Waals surface area (Å²) in [4.78, 5) is 11.5. The Bertz CT molecular complexity index is 689. The predicted molar refractivity (Wildman–Crippen MR) is 107 cm³/mol. The average molecular weight is 403 g/mol. The molecule has 0 bridgehead atoms. The van der Waals surface area contributed by atoms with Crippen LogP contribution in [0.25, 0.3) is 0 Å². The smallest absolute Gasteiger partial charge is 0.224 e. The summed E-state index contributed by atoms with van der Waals surface area (Å²) in [5.41, 5.74) is -0.0431. The van der Waals surface area contributed by atoms with Gasteiger partial charge in [-0.25, -0.2) is 4.98 Å². The van der Waals surface area contributed by atoms with Gasteiger partial charge in [-0.05, 0) is 49.0 Å². The quantitative estimate of drug-likeness (QED) is 0.330. The third-order valence-corrected chi connectivity index (χ3v) is 12.3. The minimum absolute atomic E-state index is 0.0431. The lowest BCUT2D eigenvalue weighted by Crippen LogP contribution is -2.61. The topological polar surface area (TPSA) is 55.3 Å². The highest BCUT2D eigenvalue weighted by Crippen LogP contribution is 2.45. The van der Waals surface area contributed by atoms with Crippen LogP contribution in [0.15, 0.2) is 11.1 Å². The first-order valence-corrected chi connectivity index (χ1v) is 13.7. The first kappa shape index (κ1) is 19.3. The first-order valence-electron chi connectivity index (χ1n) is 8.95. The van der Waals surface area contributed by atoms with Crippen molar-refractivity contribution in [1.29, 1.82) is 0 Å². The highest BCUT2D eigenvalue weighted by molar-refractivity contribution is 7.85. The molecule has 1 saturated carbocycles. The van der Waals surface area contributed by atoms with E-state index in [9.17, 15) is 4.21 Å². The van der Waals surface area contributed by atoms with Crippen LogP contribution in [-0.4, -0.2) is 42.7 Å². The lowest BCUT2D eigenvalue weighted by Gasteiger charge is -2.52. The Morgan fingerprint density at radius 3 is 2.64 bits per heavy atom. The third kappa shape index (κ3) is 3.53. The van der Waals surface area contributed by atoms with Gasteiger partial charge >= 0.3 is 0 Å². The van der Waals surface area contributed by atoms with E-state index in [1.807, 2.05) is 0 Å². The highest BCUT2D eigenvalue weighted by atomic mass is 35.5. The number of halogens is 1. The van der Waals surface area contributed by atoms with Crippen LogP contribution < -0.4 is 4.90 Å². The molecular weight excluding hydrogens is 374 g/mol. The Balaban J connectivity index is 1.88. The Morgan fingerprint density at radius 2 is 2.08 bits per heavy atom. The monoisotopic (exact) mass is 402 g/mol. The molecule has 0 aromatic carbocycles. The van der Waals surface area contributed by atoms with Gasteiger partial charge in [-0.1, -0.05) is 20.8 Å². The molecule has 0 saturated heterocycles. The summed E-state index contributed by atoms with van der Waals surface area (Å²) in [6.45, 7) is 12.8. The number of hydrogen-bond donors (Lipinski definition) is 0. The van der Waals surface area contributed by atoms with Gasteiger partial charge in [0.2, 0.25) is 10.2 Å². The fourth-order valence-electron chi connectivity index (χ4n) is 3.21. The number of thiol groups is 1. The van der Waals surface area contributed by atoms with E-state index in [2.05, 4.69) is 48.7 Å². The number of aromatic nitrogens is 2. The molecule has 0 N–H and O–H groups in total. The summed E-state index contributed by atoms with van der Waals surface area (Å²) in [5, 5.41) is 0.404. The van der Waals surface area contributed by atoms with Crippen LogP contribution in [0.4, 0.5) is 5.82 Å². The van der Waals surface area contributed by atoms with Gasteiger partial charge in [0.1, 0.15) is 16.6 Å². The van der Waals surface area contributed by atoms with Crippen molar-refractivity contribution in [2.45, 2.75) is 68.6 Å². The Kier molecular flexibility index (Phi) is 5.07. The molecular formula is C17H29ClN3O2SSi+. The van der Waals surface area contributed by atoms with Crippen molar-refractivity contribution in [3.05, 3.63) is 11.5 Å². The first-order chi connectivity index (χ1) is 11.6. The highest BCUT2D eigenvalue weighted by Gasteiger charge is 2.49. The SMILES string of the molecule is CC(C)(C)[Si](C)(C)OCC1(N2CC[SH+](=O)c3cnc(Cl)nc32)CCC1. The maximum Gasteiger partial charge on any atom is 0.224 e. The Morgan fingerprint density at radius 1 is 1.40 bits per heavy atom. The van der Waals surface area contributed by atoms with Crippen molar-refractivity contribution in [2.24, 2.45) is 0 Å². The predicted octanol–water partition coefficient (Wildman–Crippen LogP) is 3.95. The van der Waals surface area contributed by atoms with Crippen LogP contribution in [0.1, 0.15) is 40.0 Å². The van der Waals surface area contributed by atoms with Gasteiger partial charge in [0.15, 0.2) is 14.1 Å². The molecule has 1 aliphatic heterocycles. The van der Waals surface area contributed by atoms with Gasteiger partial charge in [0.05, 0.1) is 24.9 Å². The van der Waals surface area contributed by atoms with E-state index >= 15 is 0 Å². The molecule has 1 aliphatic carbocycles. The molecule has 1 unspecified atom stereocenters. The summed E-state index contributed by atoms with van der Waals surface area (Å²) < 4.78 is 19.0. The maximum absolute atomic E-state index is 12.4. The van der Waals surface area contributed by atoms with Crippen molar-refractivity contribution in [2.75, 3.05) is 23.8 Å². The van der Waals surface area contributed by atoms with E-state index in [-0.39, 0.29) is 15.9 Å². The molecule has 1 aromatic rings. The van der Waals surface area contributed by atoms with Crippen molar-refractivity contribution in [3.63, 3.8) is 0 Å². The van der Waals surface area contributed by atoms with Crippen LogP contribution in [0.3, 0.4) is 0 Å². The van der Waals surface area contributed by atoms with Gasteiger partial charge in [0.25, 0.3) is 0 Å². The van der Waals surface area contributed by atoms with Crippen LogP contribution in [0.2, 0.25) is 23.4 Å². The number of fused-ring (bicyclic) bond motifs is 1. The van der Waals surface area contributed by atoms with E-state index in [1.54, 1.807) is 6.20 Å². The average Bonchev–Trinajstić information content (AvgIpc) is 2.46. The summed E-state index contributed by atoms with van der Waals surface area (Å²) in [7, 11) is -3.25. The molecule has 140 valence electrons. The summed E-state index contributed by atoms with van der Waals surface area (Å²) in [5.74, 6) is 1.40. The summed E-state index contributed by atoms with van der Waals surface area (Å²) in [6, 6.07) is 0. The molecule has 1 fully saturated rings. The molecule has 1 aromatic heterocycles. The fourth-order valence-corrected chi connectivity index (χ4v) is 5.60. The van der Waals surface area contributed by atoms with E-state index in [0.717, 1.165) is 30.1 Å². The van der Waals surface area contributed by atoms with Gasteiger partial charge < -0.3 is 9.33 Å². The standard InChI is InChI=1S/C17H28ClN3O2SSi/c1-16(2,3)25(4,5)23-12-17(7-6-8-17)21-9-10-24(22)13-11-19-15(18)20-14(13)21/h11H,6-10,12H2,1-5H3/p+1. The second-order valence-electron chi connectivity index (χ2n) is 8.73. The Labute approximate surface area is 159 Å². The molecule has 0 radical (unpaired) electrons.